The van der Waals surface area contributed by atoms with E-state index in [9.17, 15) is 0 Å². The lowest BCUT2D eigenvalue weighted by atomic mass is 10.1. The standard InChI is InChI=1S/C24H42N4O/c1-4-25-24(26-16-11-6-5-7-12-17-27(2)3)28-18-15-23(19-28)21-29-20-22-13-9-8-10-14-22/h8-10,13-14,23H,4-7,11-12,15-21H2,1-3H3,(H,25,26). The maximum absolute atomic E-state index is 5.96. The molecule has 1 aromatic carbocycles. The third-order valence-corrected chi connectivity index (χ3v) is 5.41. The number of hydrogen-bond acceptors (Lipinski definition) is 3. The van der Waals surface area contributed by atoms with Crippen LogP contribution in [0.25, 0.3) is 0 Å². The summed E-state index contributed by atoms with van der Waals surface area (Å²) >= 11 is 0. The van der Waals surface area contributed by atoms with Gasteiger partial charge in [-0.2, -0.15) is 0 Å². The van der Waals surface area contributed by atoms with Gasteiger partial charge in [0.05, 0.1) is 13.2 Å². The van der Waals surface area contributed by atoms with Crippen LogP contribution in [0.4, 0.5) is 0 Å². The Balaban J connectivity index is 1.63. The Bertz CT molecular complexity index is 561. The fraction of sp³-hybridized carbons (Fsp3) is 0.708. The summed E-state index contributed by atoms with van der Waals surface area (Å²) in [6.07, 6.45) is 7.62. The Hall–Kier alpha value is -1.59. The van der Waals surface area contributed by atoms with Crippen molar-refractivity contribution in [3.8, 4) is 0 Å². The van der Waals surface area contributed by atoms with Crippen LogP contribution in [-0.2, 0) is 11.3 Å². The first-order chi connectivity index (χ1) is 14.2. The van der Waals surface area contributed by atoms with Gasteiger partial charge in [0.15, 0.2) is 5.96 Å². The number of aliphatic imine (C=N–C) groups is 1. The topological polar surface area (TPSA) is 40.1 Å². The Kier molecular flexibility index (Phi) is 11.8. The summed E-state index contributed by atoms with van der Waals surface area (Å²) in [5.41, 5.74) is 1.25. The van der Waals surface area contributed by atoms with Crippen LogP contribution in [0.15, 0.2) is 35.3 Å². The summed E-state index contributed by atoms with van der Waals surface area (Å²) in [6, 6.07) is 10.4. The molecule has 5 nitrogen and oxygen atoms in total. The summed E-state index contributed by atoms with van der Waals surface area (Å²) in [4.78, 5) is 9.57. The van der Waals surface area contributed by atoms with E-state index < -0.39 is 0 Å². The third-order valence-electron chi connectivity index (χ3n) is 5.41. The molecule has 0 aromatic heterocycles. The third kappa shape index (κ3) is 10.1. The van der Waals surface area contributed by atoms with E-state index in [2.05, 4.69) is 60.4 Å². The zero-order valence-electron chi connectivity index (χ0n) is 18.9. The molecule has 1 atom stereocenters. The average Bonchev–Trinajstić information content (AvgIpc) is 3.18. The number of nitrogens with zero attached hydrogens (tertiary/aromatic N) is 3. The van der Waals surface area contributed by atoms with Gasteiger partial charge in [0.25, 0.3) is 0 Å². The van der Waals surface area contributed by atoms with Gasteiger partial charge in [0.1, 0.15) is 0 Å². The summed E-state index contributed by atoms with van der Waals surface area (Å²) < 4.78 is 5.96. The number of likely N-dealkylation sites (tertiary alicyclic amines) is 1. The zero-order chi connectivity index (χ0) is 20.7. The lowest BCUT2D eigenvalue weighted by Gasteiger charge is -2.21. The molecule has 0 radical (unpaired) electrons. The maximum atomic E-state index is 5.96. The quantitative estimate of drug-likeness (QED) is 0.308. The molecule has 0 bridgehead atoms. The minimum absolute atomic E-state index is 0.597. The lowest BCUT2D eigenvalue weighted by molar-refractivity contribution is 0.0907. The molecule has 1 aliphatic heterocycles. The van der Waals surface area contributed by atoms with E-state index in [0.717, 1.165) is 38.7 Å². The molecule has 5 heteroatoms. The van der Waals surface area contributed by atoms with Crippen molar-refractivity contribution in [3.05, 3.63) is 35.9 Å². The predicted molar refractivity (Wildman–Crippen MR) is 123 cm³/mol. The summed E-state index contributed by atoms with van der Waals surface area (Å²) in [5, 5.41) is 3.48. The Morgan fingerprint density at radius 2 is 1.90 bits per heavy atom. The molecule has 1 aromatic rings. The van der Waals surface area contributed by atoms with Crippen LogP contribution >= 0.6 is 0 Å². The van der Waals surface area contributed by atoms with Gasteiger partial charge in [-0.15, -0.1) is 0 Å². The Labute approximate surface area is 178 Å². The molecule has 1 fully saturated rings. The van der Waals surface area contributed by atoms with Crippen molar-refractivity contribution >= 4 is 5.96 Å². The van der Waals surface area contributed by atoms with Crippen molar-refractivity contribution in [2.24, 2.45) is 10.9 Å². The second-order valence-corrected chi connectivity index (χ2v) is 8.41. The van der Waals surface area contributed by atoms with Gasteiger partial charge in [-0.3, -0.25) is 4.99 Å². The molecule has 29 heavy (non-hydrogen) atoms. The monoisotopic (exact) mass is 402 g/mol. The van der Waals surface area contributed by atoms with Crippen molar-refractivity contribution in [1.29, 1.82) is 0 Å². The van der Waals surface area contributed by atoms with Crippen LogP contribution in [0.5, 0.6) is 0 Å². The van der Waals surface area contributed by atoms with E-state index in [1.807, 2.05) is 6.07 Å². The predicted octanol–water partition coefficient (Wildman–Crippen LogP) is 4.00. The fourth-order valence-corrected chi connectivity index (χ4v) is 3.76. The molecular weight excluding hydrogens is 360 g/mol. The first kappa shape index (κ1) is 23.7. The minimum atomic E-state index is 0.597. The fourth-order valence-electron chi connectivity index (χ4n) is 3.76. The van der Waals surface area contributed by atoms with E-state index in [4.69, 9.17) is 9.73 Å². The normalized spacial score (nSPS) is 17.3. The molecule has 0 amide bonds. The molecule has 0 spiro atoms. The van der Waals surface area contributed by atoms with E-state index in [1.165, 1.54) is 50.6 Å². The molecule has 2 rings (SSSR count). The Morgan fingerprint density at radius 3 is 2.66 bits per heavy atom. The highest BCUT2D eigenvalue weighted by Crippen LogP contribution is 2.17. The van der Waals surface area contributed by atoms with Gasteiger partial charge >= 0.3 is 0 Å². The van der Waals surface area contributed by atoms with Gasteiger partial charge in [0, 0.05) is 32.1 Å². The van der Waals surface area contributed by atoms with Gasteiger partial charge < -0.3 is 19.9 Å². The van der Waals surface area contributed by atoms with Crippen molar-refractivity contribution in [2.45, 2.75) is 52.1 Å². The van der Waals surface area contributed by atoms with Crippen molar-refractivity contribution < 1.29 is 4.74 Å². The molecule has 1 heterocycles. The summed E-state index contributed by atoms with van der Waals surface area (Å²) in [6.45, 7) is 8.88. The molecule has 0 aliphatic carbocycles. The number of hydrogen-bond donors (Lipinski definition) is 1. The number of nitrogens with one attached hydrogen (secondary N) is 1. The van der Waals surface area contributed by atoms with E-state index >= 15 is 0 Å². The molecule has 164 valence electrons. The SMILES string of the molecule is CCNC(=NCCCCCCCN(C)C)N1CCC(COCc2ccccc2)C1. The zero-order valence-corrected chi connectivity index (χ0v) is 18.9. The van der Waals surface area contributed by atoms with Crippen LogP contribution in [0.3, 0.4) is 0 Å². The molecule has 1 saturated heterocycles. The van der Waals surface area contributed by atoms with E-state index in [0.29, 0.717) is 12.5 Å². The van der Waals surface area contributed by atoms with E-state index in [1.54, 1.807) is 0 Å². The number of benzene rings is 1. The molecule has 1 N–H and O–H groups in total. The number of rotatable bonds is 13. The molecular formula is C24H42N4O. The molecule has 0 saturated carbocycles. The van der Waals surface area contributed by atoms with Gasteiger partial charge in [-0.1, -0.05) is 49.6 Å². The number of guanidine groups is 1. The van der Waals surface area contributed by atoms with Crippen molar-refractivity contribution in [1.82, 2.24) is 15.1 Å². The average molecular weight is 403 g/mol. The number of unbranched alkanes of at least 4 members (excludes halogenated alkanes) is 4. The molecule has 1 unspecified atom stereocenters. The van der Waals surface area contributed by atoms with E-state index in [-0.39, 0.29) is 0 Å². The largest absolute Gasteiger partial charge is 0.376 e. The minimum Gasteiger partial charge on any atom is -0.376 e. The van der Waals surface area contributed by atoms with Crippen LogP contribution in [-0.4, -0.2) is 69.2 Å². The summed E-state index contributed by atoms with van der Waals surface area (Å²) in [5.74, 6) is 1.69. The highest BCUT2D eigenvalue weighted by Gasteiger charge is 2.24. The highest BCUT2D eigenvalue weighted by molar-refractivity contribution is 5.80. The second kappa shape index (κ2) is 14.4. The smallest absolute Gasteiger partial charge is 0.193 e. The van der Waals surface area contributed by atoms with Crippen molar-refractivity contribution in [3.63, 3.8) is 0 Å². The lowest BCUT2D eigenvalue weighted by Crippen LogP contribution is -2.40. The van der Waals surface area contributed by atoms with Gasteiger partial charge in [-0.25, -0.2) is 0 Å². The van der Waals surface area contributed by atoms with Gasteiger partial charge in [0.2, 0.25) is 0 Å². The van der Waals surface area contributed by atoms with Crippen LogP contribution in [0.2, 0.25) is 0 Å². The number of ether oxygens (including phenoxy) is 1. The van der Waals surface area contributed by atoms with Gasteiger partial charge in [-0.05, 0) is 52.4 Å². The maximum Gasteiger partial charge on any atom is 0.193 e. The first-order valence-corrected chi connectivity index (χ1v) is 11.5. The van der Waals surface area contributed by atoms with Crippen molar-refractivity contribution in [2.75, 3.05) is 53.4 Å². The highest BCUT2D eigenvalue weighted by atomic mass is 16.5. The molecule has 1 aliphatic rings. The first-order valence-electron chi connectivity index (χ1n) is 11.5. The summed E-state index contributed by atoms with van der Waals surface area (Å²) in [7, 11) is 4.30. The second-order valence-electron chi connectivity index (χ2n) is 8.41. The Morgan fingerprint density at radius 1 is 1.14 bits per heavy atom. The van der Waals surface area contributed by atoms with Crippen LogP contribution < -0.4 is 5.32 Å². The van der Waals surface area contributed by atoms with Crippen LogP contribution in [0.1, 0.15) is 51.0 Å². The van der Waals surface area contributed by atoms with Crippen LogP contribution in [0, 0.1) is 5.92 Å².